The van der Waals surface area contributed by atoms with Gasteiger partial charge in [0.05, 0.1) is 43.1 Å². The molecule has 1 amide bonds. The molecule has 1 aliphatic rings. The highest BCUT2D eigenvalue weighted by molar-refractivity contribution is 6.31. The van der Waals surface area contributed by atoms with E-state index in [1.807, 2.05) is 0 Å². The molecule has 1 aliphatic heterocycles. The van der Waals surface area contributed by atoms with E-state index in [-0.39, 0.29) is 29.3 Å². The first-order valence-electron chi connectivity index (χ1n) is 11.0. The molecule has 1 unspecified atom stereocenters. The summed E-state index contributed by atoms with van der Waals surface area (Å²) in [6.45, 7) is 1.84. The van der Waals surface area contributed by atoms with Gasteiger partial charge in [0.25, 0.3) is 0 Å². The number of likely N-dealkylation sites (tertiary alicyclic amines) is 1. The fourth-order valence-corrected chi connectivity index (χ4v) is 3.94. The standard InChI is InChI=1S/C24H26ClFN4O5/c1-32-8-9-34-13-22(31)30-7-6-15(12-30)35-21-11-19-16(10-20(21)33-2)24(28-14-27-19)29-18-5-3-4-17(25)23(18)26/h3-5,10-11,14-15H,6-9,12-13H2,1-2H3,(H,27,28,29). The van der Waals surface area contributed by atoms with Crippen molar-refractivity contribution in [2.75, 3.05) is 52.4 Å². The van der Waals surface area contributed by atoms with Gasteiger partial charge in [-0.2, -0.15) is 0 Å². The van der Waals surface area contributed by atoms with Crippen molar-refractivity contribution in [1.82, 2.24) is 14.9 Å². The van der Waals surface area contributed by atoms with Crippen LogP contribution in [-0.2, 0) is 14.3 Å². The summed E-state index contributed by atoms with van der Waals surface area (Å²) in [6.07, 6.45) is 1.85. The zero-order chi connectivity index (χ0) is 24.8. The molecule has 11 heteroatoms. The van der Waals surface area contributed by atoms with Crippen LogP contribution in [0.15, 0.2) is 36.7 Å². The van der Waals surface area contributed by atoms with E-state index in [9.17, 15) is 9.18 Å². The third-order valence-corrected chi connectivity index (χ3v) is 5.87. The van der Waals surface area contributed by atoms with E-state index in [2.05, 4.69) is 15.3 Å². The first kappa shape index (κ1) is 24.9. The van der Waals surface area contributed by atoms with E-state index in [0.29, 0.717) is 60.9 Å². The molecule has 0 aliphatic carbocycles. The lowest BCUT2D eigenvalue weighted by Gasteiger charge is -2.19. The molecular weight excluding hydrogens is 479 g/mol. The predicted octanol–water partition coefficient (Wildman–Crippen LogP) is 3.82. The van der Waals surface area contributed by atoms with Crippen LogP contribution in [0.5, 0.6) is 11.5 Å². The van der Waals surface area contributed by atoms with E-state index in [4.69, 9.17) is 30.5 Å². The van der Waals surface area contributed by atoms with Crippen molar-refractivity contribution in [2.24, 2.45) is 0 Å². The molecule has 2 aromatic carbocycles. The van der Waals surface area contributed by atoms with Crippen molar-refractivity contribution in [2.45, 2.75) is 12.5 Å². The maximum absolute atomic E-state index is 14.4. The van der Waals surface area contributed by atoms with Gasteiger partial charge in [-0.05, 0) is 18.2 Å². The minimum absolute atomic E-state index is 0.00672. The number of aromatic nitrogens is 2. The molecule has 0 bridgehead atoms. The number of anilines is 2. The molecule has 0 radical (unpaired) electrons. The second kappa shape index (κ2) is 11.5. The number of amides is 1. The fraction of sp³-hybridized carbons (Fsp3) is 0.375. The number of nitrogens with one attached hydrogen (secondary N) is 1. The van der Waals surface area contributed by atoms with Crippen LogP contribution < -0.4 is 14.8 Å². The summed E-state index contributed by atoms with van der Waals surface area (Å²) in [5.41, 5.74) is 0.775. The SMILES string of the molecule is COCCOCC(=O)N1CCC(Oc2cc3ncnc(Nc4cccc(Cl)c4F)c3cc2OC)C1. The number of hydrogen-bond donors (Lipinski definition) is 1. The van der Waals surface area contributed by atoms with Gasteiger partial charge < -0.3 is 29.2 Å². The number of benzene rings is 2. The summed E-state index contributed by atoms with van der Waals surface area (Å²) >= 11 is 5.89. The van der Waals surface area contributed by atoms with E-state index in [1.165, 1.54) is 19.5 Å². The molecule has 1 saturated heterocycles. The average molecular weight is 505 g/mol. The molecule has 2 heterocycles. The Labute approximate surface area is 207 Å². The van der Waals surface area contributed by atoms with E-state index < -0.39 is 5.82 Å². The van der Waals surface area contributed by atoms with Crippen molar-refractivity contribution >= 4 is 39.9 Å². The summed E-state index contributed by atoms with van der Waals surface area (Å²) in [4.78, 5) is 22.7. The van der Waals surface area contributed by atoms with Crippen molar-refractivity contribution in [3.05, 3.63) is 47.5 Å². The number of carbonyl (C=O) groups excluding carboxylic acids is 1. The van der Waals surface area contributed by atoms with Crippen LogP contribution in [0.1, 0.15) is 6.42 Å². The lowest BCUT2D eigenvalue weighted by molar-refractivity contribution is -0.135. The topological polar surface area (TPSA) is 95.0 Å². The molecule has 1 N–H and O–H groups in total. The number of carbonyl (C=O) groups is 1. The van der Waals surface area contributed by atoms with Crippen LogP contribution in [-0.4, -0.2) is 74.0 Å². The Morgan fingerprint density at radius 3 is 2.89 bits per heavy atom. The van der Waals surface area contributed by atoms with Gasteiger partial charge >= 0.3 is 0 Å². The number of ether oxygens (including phenoxy) is 4. The maximum Gasteiger partial charge on any atom is 0.248 e. The van der Waals surface area contributed by atoms with Gasteiger partial charge in [-0.1, -0.05) is 17.7 Å². The maximum atomic E-state index is 14.4. The van der Waals surface area contributed by atoms with Crippen molar-refractivity contribution in [3.63, 3.8) is 0 Å². The Kier molecular flexibility index (Phi) is 8.17. The fourth-order valence-electron chi connectivity index (χ4n) is 3.77. The Morgan fingerprint density at radius 2 is 2.09 bits per heavy atom. The monoisotopic (exact) mass is 504 g/mol. The second-order valence-electron chi connectivity index (χ2n) is 7.88. The minimum Gasteiger partial charge on any atom is -0.493 e. The Balaban J connectivity index is 1.49. The number of halogens is 2. The lowest BCUT2D eigenvalue weighted by atomic mass is 10.2. The predicted molar refractivity (Wildman–Crippen MR) is 129 cm³/mol. The van der Waals surface area contributed by atoms with E-state index >= 15 is 0 Å². The van der Waals surface area contributed by atoms with E-state index in [1.54, 1.807) is 36.3 Å². The molecule has 1 aromatic heterocycles. The molecule has 186 valence electrons. The summed E-state index contributed by atoms with van der Waals surface area (Å²) < 4.78 is 36.4. The number of hydrogen-bond acceptors (Lipinski definition) is 8. The van der Waals surface area contributed by atoms with Crippen LogP contribution >= 0.6 is 11.6 Å². The molecule has 4 rings (SSSR count). The summed E-state index contributed by atoms with van der Waals surface area (Å²) in [5.74, 6) is 0.697. The average Bonchev–Trinajstić information content (AvgIpc) is 3.33. The molecule has 1 fully saturated rings. The van der Waals surface area contributed by atoms with Crippen LogP contribution in [0.25, 0.3) is 10.9 Å². The van der Waals surface area contributed by atoms with Gasteiger partial charge in [-0.25, -0.2) is 14.4 Å². The Hall–Kier alpha value is -3.21. The van der Waals surface area contributed by atoms with Gasteiger partial charge in [0.15, 0.2) is 17.3 Å². The zero-order valence-corrected chi connectivity index (χ0v) is 20.2. The highest BCUT2D eigenvalue weighted by Gasteiger charge is 2.28. The number of methoxy groups -OCH3 is 2. The molecule has 0 saturated carbocycles. The quantitative estimate of drug-likeness (QED) is 0.416. The molecule has 1 atom stereocenters. The molecule has 0 spiro atoms. The van der Waals surface area contributed by atoms with E-state index in [0.717, 1.165) is 0 Å². The second-order valence-corrected chi connectivity index (χ2v) is 8.29. The van der Waals surface area contributed by atoms with Gasteiger partial charge in [0, 0.05) is 31.5 Å². The van der Waals surface area contributed by atoms with Crippen LogP contribution in [0.2, 0.25) is 5.02 Å². The highest BCUT2D eigenvalue weighted by atomic mass is 35.5. The van der Waals surface area contributed by atoms with Crippen molar-refractivity contribution in [1.29, 1.82) is 0 Å². The van der Waals surface area contributed by atoms with Gasteiger partial charge in [-0.15, -0.1) is 0 Å². The molecule has 9 nitrogen and oxygen atoms in total. The summed E-state index contributed by atoms with van der Waals surface area (Å²) in [6, 6.07) is 8.16. The van der Waals surface area contributed by atoms with Crippen molar-refractivity contribution in [3.8, 4) is 11.5 Å². The third kappa shape index (κ3) is 5.90. The Bertz CT molecular complexity index is 1200. The zero-order valence-electron chi connectivity index (χ0n) is 19.4. The molecule has 3 aromatic rings. The smallest absolute Gasteiger partial charge is 0.248 e. The normalized spacial score (nSPS) is 15.4. The van der Waals surface area contributed by atoms with Crippen LogP contribution in [0.4, 0.5) is 15.9 Å². The highest BCUT2D eigenvalue weighted by Crippen LogP contribution is 2.36. The lowest BCUT2D eigenvalue weighted by Crippen LogP contribution is -2.34. The van der Waals surface area contributed by atoms with Gasteiger partial charge in [0.2, 0.25) is 5.91 Å². The first-order chi connectivity index (χ1) is 17.0. The van der Waals surface area contributed by atoms with Crippen molar-refractivity contribution < 1.29 is 28.1 Å². The summed E-state index contributed by atoms with van der Waals surface area (Å²) in [7, 11) is 3.11. The third-order valence-electron chi connectivity index (χ3n) is 5.57. The number of rotatable bonds is 10. The van der Waals surface area contributed by atoms with Gasteiger partial charge in [-0.3, -0.25) is 4.79 Å². The Morgan fingerprint density at radius 1 is 1.23 bits per heavy atom. The largest absolute Gasteiger partial charge is 0.493 e. The molecular formula is C24H26ClFN4O5. The number of nitrogens with zero attached hydrogens (tertiary/aromatic N) is 3. The molecule has 35 heavy (non-hydrogen) atoms. The summed E-state index contributed by atoms with van der Waals surface area (Å²) in [5, 5.41) is 3.60. The first-order valence-corrected chi connectivity index (χ1v) is 11.4. The van der Waals surface area contributed by atoms with Crippen LogP contribution in [0.3, 0.4) is 0 Å². The minimum atomic E-state index is -0.572. The van der Waals surface area contributed by atoms with Gasteiger partial charge in [0.1, 0.15) is 24.9 Å². The number of fused-ring (bicyclic) bond motifs is 1. The van der Waals surface area contributed by atoms with Crippen LogP contribution in [0, 0.1) is 5.82 Å².